The number of unbranched alkanes of at least 4 members (excludes halogenated alkanes) is 2. The highest BCUT2D eigenvalue weighted by atomic mass is 32.1. The van der Waals surface area contributed by atoms with Crippen LogP contribution >= 0.6 is 11.3 Å². The van der Waals surface area contributed by atoms with Crippen LogP contribution in [-0.4, -0.2) is 36.6 Å². The van der Waals surface area contributed by atoms with E-state index < -0.39 is 0 Å². The van der Waals surface area contributed by atoms with Crippen LogP contribution in [0.25, 0.3) is 0 Å². The van der Waals surface area contributed by atoms with Gasteiger partial charge in [0.25, 0.3) is 0 Å². The smallest absolute Gasteiger partial charge is 0.314 e. The molecule has 0 fully saturated rings. The summed E-state index contributed by atoms with van der Waals surface area (Å²) in [5.41, 5.74) is 1.46. The summed E-state index contributed by atoms with van der Waals surface area (Å²) in [6, 6.07) is 2.57. The van der Waals surface area contributed by atoms with Gasteiger partial charge in [0.05, 0.1) is 0 Å². The lowest BCUT2D eigenvalue weighted by Gasteiger charge is -2.32. The Morgan fingerprint density at radius 1 is 1.43 bits per heavy atom. The van der Waals surface area contributed by atoms with E-state index in [2.05, 4.69) is 40.8 Å². The SMILES string of the molecule is CCCCCNC(=O)NC[C@@H](C)N1CCc2sccc2C1. The van der Waals surface area contributed by atoms with E-state index in [4.69, 9.17) is 0 Å². The molecule has 2 amide bonds. The van der Waals surface area contributed by atoms with Gasteiger partial charge in [0.1, 0.15) is 0 Å². The van der Waals surface area contributed by atoms with E-state index in [0.717, 1.165) is 32.5 Å². The molecule has 2 rings (SSSR count). The van der Waals surface area contributed by atoms with Crippen LogP contribution in [0.4, 0.5) is 4.79 Å². The molecule has 118 valence electrons. The van der Waals surface area contributed by atoms with Gasteiger partial charge >= 0.3 is 6.03 Å². The van der Waals surface area contributed by atoms with Gasteiger partial charge in [-0.1, -0.05) is 19.8 Å². The van der Waals surface area contributed by atoms with E-state index in [1.54, 1.807) is 0 Å². The van der Waals surface area contributed by atoms with Crippen LogP contribution in [0.2, 0.25) is 0 Å². The molecule has 0 saturated carbocycles. The Labute approximate surface area is 131 Å². The van der Waals surface area contributed by atoms with Crippen LogP contribution in [0.15, 0.2) is 11.4 Å². The number of hydrogen-bond donors (Lipinski definition) is 2. The molecule has 0 bridgehead atoms. The van der Waals surface area contributed by atoms with Gasteiger partial charge in [0, 0.05) is 37.1 Å². The average molecular weight is 309 g/mol. The first-order valence-electron chi connectivity index (χ1n) is 8.01. The van der Waals surface area contributed by atoms with Crippen molar-refractivity contribution in [2.24, 2.45) is 0 Å². The number of fused-ring (bicyclic) bond motifs is 1. The van der Waals surface area contributed by atoms with Gasteiger partial charge in [-0.05, 0) is 36.8 Å². The van der Waals surface area contributed by atoms with E-state index in [-0.39, 0.29) is 6.03 Å². The zero-order valence-corrected chi connectivity index (χ0v) is 14.0. The van der Waals surface area contributed by atoms with Gasteiger partial charge in [-0.2, -0.15) is 0 Å². The van der Waals surface area contributed by atoms with Crippen molar-refractivity contribution in [1.82, 2.24) is 15.5 Å². The fraction of sp³-hybridized carbons (Fsp3) is 0.688. The molecule has 0 spiro atoms. The molecule has 1 aromatic heterocycles. The first-order chi connectivity index (χ1) is 10.2. The molecule has 1 aliphatic rings. The number of thiophene rings is 1. The summed E-state index contributed by atoms with van der Waals surface area (Å²) in [6.07, 6.45) is 4.56. The third kappa shape index (κ3) is 5.00. The molecule has 4 nitrogen and oxygen atoms in total. The molecule has 0 saturated heterocycles. The molecule has 0 aliphatic carbocycles. The average Bonchev–Trinajstić information content (AvgIpc) is 2.96. The second kappa shape index (κ2) is 8.39. The van der Waals surface area contributed by atoms with E-state index >= 15 is 0 Å². The fourth-order valence-corrected chi connectivity index (χ4v) is 3.55. The third-order valence-corrected chi connectivity index (χ3v) is 5.11. The van der Waals surface area contributed by atoms with Gasteiger partial charge in [-0.15, -0.1) is 11.3 Å². The topological polar surface area (TPSA) is 44.4 Å². The normalized spacial score (nSPS) is 16.3. The van der Waals surface area contributed by atoms with Crippen LogP contribution in [0.3, 0.4) is 0 Å². The highest BCUT2D eigenvalue weighted by Gasteiger charge is 2.21. The lowest BCUT2D eigenvalue weighted by atomic mass is 10.1. The van der Waals surface area contributed by atoms with E-state index in [1.165, 1.54) is 23.3 Å². The first-order valence-corrected chi connectivity index (χ1v) is 8.89. The molecule has 21 heavy (non-hydrogen) atoms. The van der Waals surface area contributed by atoms with Gasteiger partial charge in [0.2, 0.25) is 0 Å². The van der Waals surface area contributed by atoms with Crippen molar-refractivity contribution in [3.8, 4) is 0 Å². The zero-order valence-electron chi connectivity index (χ0n) is 13.2. The molecular formula is C16H27N3OS. The van der Waals surface area contributed by atoms with Gasteiger partial charge in [-0.3, -0.25) is 4.90 Å². The predicted molar refractivity (Wildman–Crippen MR) is 88.8 cm³/mol. The minimum atomic E-state index is -0.0359. The largest absolute Gasteiger partial charge is 0.338 e. The van der Waals surface area contributed by atoms with Crippen molar-refractivity contribution in [2.75, 3.05) is 19.6 Å². The van der Waals surface area contributed by atoms with Gasteiger partial charge in [0.15, 0.2) is 0 Å². The fourth-order valence-electron chi connectivity index (χ4n) is 2.66. The summed E-state index contributed by atoms with van der Waals surface area (Å²) in [5, 5.41) is 8.09. The Balaban J connectivity index is 1.66. The van der Waals surface area contributed by atoms with Crippen molar-refractivity contribution in [3.05, 3.63) is 21.9 Å². The van der Waals surface area contributed by atoms with Crippen LogP contribution in [0.5, 0.6) is 0 Å². The molecular weight excluding hydrogens is 282 g/mol. The monoisotopic (exact) mass is 309 g/mol. The Morgan fingerprint density at radius 3 is 3.10 bits per heavy atom. The first kappa shape index (κ1) is 16.3. The lowest BCUT2D eigenvalue weighted by Crippen LogP contribution is -2.46. The molecule has 0 unspecified atom stereocenters. The summed E-state index contributed by atoms with van der Waals surface area (Å²) >= 11 is 1.86. The number of urea groups is 1. The molecule has 2 N–H and O–H groups in total. The Kier molecular flexibility index (Phi) is 6.51. The maximum Gasteiger partial charge on any atom is 0.314 e. The molecule has 5 heteroatoms. The quantitative estimate of drug-likeness (QED) is 0.761. The summed E-state index contributed by atoms with van der Waals surface area (Å²) < 4.78 is 0. The van der Waals surface area contributed by atoms with Crippen molar-refractivity contribution < 1.29 is 4.79 Å². The second-order valence-electron chi connectivity index (χ2n) is 5.78. The zero-order chi connectivity index (χ0) is 15.1. The van der Waals surface area contributed by atoms with Crippen molar-refractivity contribution in [3.63, 3.8) is 0 Å². The van der Waals surface area contributed by atoms with E-state index in [1.807, 2.05) is 11.3 Å². The predicted octanol–water partition coefficient (Wildman–Crippen LogP) is 2.98. The Hall–Kier alpha value is -1.07. The van der Waals surface area contributed by atoms with Crippen molar-refractivity contribution in [2.45, 2.75) is 52.1 Å². The molecule has 1 atom stereocenters. The molecule has 1 aromatic rings. The molecule has 0 aromatic carbocycles. The van der Waals surface area contributed by atoms with Crippen molar-refractivity contribution in [1.29, 1.82) is 0 Å². The lowest BCUT2D eigenvalue weighted by molar-refractivity contribution is 0.186. The number of rotatable bonds is 7. The maximum absolute atomic E-state index is 11.7. The second-order valence-corrected chi connectivity index (χ2v) is 6.78. The maximum atomic E-state index is 11.7. The number of nitrogens with zero attached hydrogens (tertiary/aromatic N) is 1. The summed E-state index contributed by atoms with van der Waals surface area (Å²) in [4.78, 5) is 15.7. The molecule has 2 heterocycles. The van der Waals surface area contributed by atoms with Crippen LogP contribution in [-0.2, 0) is 13.0 Å². The Morgan fingerprint density at radius 2 is 2.29 bits per heavy atom. The number of carbonyl (C=O) groups is 1. The van der Waals surface area contributed by atoms with Crippen molar-refractivity contribution >= 4 is 17.4 Å². The van der Waals surface area contributed by atoms with E-state index in [0.29, 0.717) is 12.6 Å². The molecule has 0 radical (unpaired) electrons. The Bertz CT molecular complexity index is 446. The standard InChI is InChI=1S/C16H27N3OS/c1-3-4-5-8-17-16(20)18-11-13(2)19-9-6-15-14(12-19)7-10-21-15/h7,10,13H,3-6,8-9,11-12H2,1-2H3,(H2,17,18,20)/t13-/m1/s1. The number of nitrogens with one attached hydrogen (secondary N) is 2. The summed E-state index contributed by atoms with van der Waals surface area (Å²) in [5.74, 6) is 0. The van der Waals surface area contributed by atoms with Crippen LogP contribution in [0, 0.1) is 0 Å². The van der Waals surface area contributed by atoms with E-state index in [9.17, 15) is 4.79 Å². The number of amides is 2. The van der Waals surface area contributed by atoms with Gasteiger partial charge in [-0.25, -0.2) is 4.79 Å². The summed E-state index contributed by atoms with van der Waals surface area (Å²) in [7, 11) is 0. The number of hydrogen-bond acceptors (Lipinski definition) is 3. The van der Waals surface area contributed by atoms with Crippen LogP contribution in [0.1, 0.15) is 43.6 Å². The molecule has 1 aliphatic heterocycles. The van der Waals surface area contributed by atoms with Gasteiger partial charge < -0.3 is 10.6 Å². The van der Waals surface area contributed by atoms with Crippen LogP contribution < -0.4 is 10.6 Å². The minimum Gasteiger partial charge on any atom is -0.338 e. The minimum absolute atomic E-state index is 0.0359. The highest BCUT2D eigenvalue weighted by molar-refractivity contribution is 7.10. The number of carbonyl (C=O) groups excluding carboxylic acids is 1. The summed E-state index contributed by atoms with van der Waals surface area (Å²) in [6.45, 7) is 7.94. The third-order valence-electron chi connectivity index (χ3n) is 4.08. The highest BCUT2D eigenvalue weighted by Crippen LogP contribution is 2.24.